The molecule has 0 radical (unpaired) electrons. The first-order valence-electron chi connectivity index (χ1n) is 14.6. The van der Waals surface area contributed by atoms with E-state index in [9.17, 15) is 9.59 Å². The van der Waals surface area contributed by atoms with E-state index in [2.05, 4.69) is 54.3 Å². The maximum Gasteiger partial charge on any atom is 0.320 e. The molecule has 0 aromatic heterocycles. The van der Waals surface area contributed by atoms with Crippen molar-refractivity contribution in [1.29, 1.82) is 0 Å². The number of hydrogen-bond donors (Lipinski definition) is 2. The van der Waals surface area contributed by atoms with E-state index in [1.54, 1.807) is 26.2 Å². The van der Waals surface area contributed by atoms with Crippen molar-refractivity contribution < 1.29 is 43.8 Å². The van der Waals surface area contributed by atoms with Crippen LogP contribution in [0.5, 0.6) is 0 Å². The van der Waals surface area contributed by atoms with Crippen LogP contribution in [-0.2, 0) is 34.2 Å². The van der Waals surface area contributed by atoms with Crippen LogP contribution in [0.3, 0.4) is 0 Å². The summed E-state index contributed by atoms with van der Waals surface area (Å²) in [6.45, 7) is 37.2. The quantitative estimate of drug-likeness (QED) is 0.109. The van der Waals surface area contributed by atoms with Crippen LogP contribution in [0.2, 0.25) is 116 Å². The predicted octanol–water partition coefficient (Wildman–Crippen LogP) is 7.07. The molecule has 2 atom stereocenters. The second kappa shape index (κ2) is 17.5. The Morgan fingerprint density at radius 1 is 0.442 bits per heavy atom. The van der Waals surface area contributed by atoms with E-state index in [0.29, 0.717) is 24.3 Å². The minimum atomic E-state index is -2.60. The van der Waals surface area contributed by atoms with Gasteiger partial charge in [0.25, 0.3) is 0 Å². The van der Waals surface area contributed by atoms with Crippen molar-refractivity contribution in [3.63, 3.8) is 0 Å². The van der Waals surface area contributed by atoms with Crippen LogP contribution in [0.4, 0.5) is 0 Å². The van der Waals surface area contributed by atoms with E-state index in [0.717, 1.165) is 0 Å². The van der Waals surface area contributed by atoms with Crippen molar-refractivity contribution in [2.45, 2.75) is 130 Å². The summed E-state index contributed by atoms with van der Waals surface area (Å²) >= 11 is 0. The van der Waals surface area contributed by atoms with Crippen molar-refractivity contribution in [2.75, 3.05) is 13.2 Å². The second-order valence-corrected chi connectivity index (χ2v) is 45.1. The maximum atomic E-state index is 9.97. The largest absolute Gasteiger partial charge is 0.555 e. The summed E-state index contributed by atoms with van der Waals surface area (Å²) in [4.78, 5) is 19.9. The van der Waals surface area contributed by atoms with E-state index in [1.165, 1.54) is 0 Å². The molecule has 0 aromatic rings. The molecule has 0 heterocycles. The Bertz CT molecular complexity index is 727. The summed E-state index contributed by atoms with van der Waals surface area (Å²) in [6, 6.07) is 0. The summed E-state index contributed by atoms with van der Waals surface area (Å²) < 4.78 is 47.0. The molecule has 0 aliphatic carbocycles. The Labute approximate surface area is 267 Å². The monoisotopic (exact) mass is 1010 g/mol. The molecule has 0 spiro atoms. The van der Waals surface area contributed by atoms with Gasteiger partial charge in [-0.15, -0.1) is 0 Å². The first-order valence-corrected chi connectivity index (χ1v) is 37.5. The molecule has 0 amide bonds. The van der Waals surface area contributed by atoms with Crippen molar-refractivity contribution >= 4 is 68.0 Å². The zero-order valence-corrected chi connectivity index (χ0v) is 45.2. The Morgan fingerprint density at radius 3 is 0.837 bits per heavy atom. The average molecular weight is 1010 g/mol. The number of rotatable bonds is 18. The summed E-state index contributed by atoms with van der Waals surface area (Å²) in [5, 5.41) is 0. The summed E-state index contributed by atoms with van der Waals surface area (Å²) in [7, 11) is -11.6. The SMILES string of the molecule is [CH2-]OCC(C)[Si](C)(C)O[Si](C)(C)O[Si](C)(C)O[Si](C)(C)O.[CH2-]OCC(C)[Si](C)(C)O[Si](C)(C)O[Si](C)(C)O[Si](C)(C)O.[Rf]. The zero-order valence-electron chi connectivity index (χ0n) is 30.9. The topological polar surface area (TPSA) is 114 Å². The van der Waals surface area contributed by atoms with Gasteiger partial charge in [0, 0.05) is 13.2 Å². The summed E-state index contributed by atoms with van der Waals surface area (Å²) in [5.74, 6) is 0. The van der Waals surface area contributed by atoms with E-state index in [-0.39, 0.29) is 0 Å². The molecule has 0 fully saturated rings. The van der Waals surface area contributed by atoms with Gasteiger partial charge in [0.15, 0.2) is 16.6 Å². The molecule has 0 aromatic carbocycles. The number of ether oxygens (including phenoxy) is 2. The van der Waals surface area contributed by atoms with Gasteiger partial charge in [0.1, 0.15) is 0 Å². The normalized spacial score (nSPS) is 15.8. The smallest absolute Gasteiger partial charge is 0.320 e. The fourth-order valence-corrected chi connectivity index (χ4v) is 38.7. The van der Waals surface area contributed by atoms with Gasteiger partial charge in [-0.2, -0.15) is 0 Å². The maximum absolute atomic E-state index is 9.97. The molecular weight excluding hydrogens is 940 g/mol. The van der Waals surface area contributed by atoms with Crippen LogP contribution in [-0.4, -0.2) is 90.8 Å². The molecule has 258 valence electrons. The molecule has 0 aliphatic heterocycles. The van der Waals surface area contributed by atoms with Gasteiger partial charge < -0.3 is 43.8 Å². The fourth-order valence-electron chi connectivity index (χ4n) is 4.69. The van der Waals surface area contributed by atoms with Gasteiger partial charge in [-0.1, -0.05) is 13.8 Å². The van der Waals surface area contributed by atoms with Crippen LogP contribution in [0.15, 0.2) is 0 Å². The van der Waals surface area contributed by atoms with E-state index >= 15 is 0 Å². The third kappa shape index (κ3) is 23.3. The zero-order chi connectivity index (χ0) is 34.2. The Kier molecular flexibility index (Phi) is 19.4. The van der Waals surface area contributed by atoms with Crippen LogP contribution in [0.1, 0.15) is 13.8 Å². The first kappa shape index (κ1) is 47.7. The van der Waals surface area contributed by atoms with Crippen LogP contribution < -0.4 is 0 Å². The van der Waals surface area contributed by atoms with Gasteiger partial charge >= 0.3 is 51.4 Å². The Hall–Kier alpha value is 0.335. The third-order valence-corrected chi connectivity index (χ3v) is 35.1. The van der Waals surface area contributed by atoms with Crippen molar-refractivity contribution in [3.8, 4) is 0 Å². The molecule has 2 unspecified atom stereocenters. The Morgan fingerprint density at radius 2 is 0.651 bits per heavy atom. The predicted molar refractivity (Wildman–Crippen MR) is 192 cm³/mol. The Balaban J connectivity index is -0.000000727. The second-order valence-electron chi connectivity index (χ2n) is 14.9. The summed E-state index contributed by atoms with van der Waals surface area (Å²) in [5.41, 5.74) is 0.666. The molecule has 10 nitrogen and oxygen atoms in total. The molecule has 0 aliphatic rings. The molecule has 0 bridgehead atoms. The molecule has 43 heavy (non-hydrogen) atoms. The van der Waals surface area contributed by atoms with Gasteiger partial charge in [-0.25, -0.2) is 14.2 Å². The molecule has 2 N–H and O–H groups in total. The standard InChI is InChI=1S/2C12H33O5Si4.Rf/c2*1-12(11-14-2)18(3,4)15-20(7,8)17-21(9,10)16-19(5,6)13;/h2*12-13H,2,11H2,1,3-10H3;/q2*-1;. The summed E-state index contributed by atoms with van der Waals surface area (Å²) in [6.07, 6.45) is 0. The van der Waals surface area contributed by atoms with Gasteiger partial charge in [-0.3, -0.25) is 0 Å². The fraction of sp³-hybridized carbons (Fsp3) is 0.917. The van der Waals surface area contributed by atoms with Crippen LogP contribution in [0.25, 0.3) is 0 Å². The van der Waals surface area contributed by atoms with Gasteiger partial charge in [0.05, 0.1) is 0 Å². The van der Waals surface area contributed by atoms with E-state index in [4.69, 9.17) is 34.2 Å². The third-order valence-electron chi connectivity index (χ3n) is 6.10. The van der Waals surface area contributed by atoms with Crippen molar-refractivity contribution in [2.24, 2.45) is 0 Å². The molecular formula is C24H66O10RfSi8-2. The minimum absolute atomic E-state index is 0. The van der Waals surface area contributed by atoms with Crippen molar-refractivity contribution in [1.82, 2.24) is 0 Å². The average Bonchev–Trinajstić information content (AvgIpc) is 2.60. The molecule has 0 rings (SSSR count). The molecule has 0 saturated carbocycles. The van der Waals surface area contributed by atoms with Crippen LogP contribution >= 0.6 is 0 Å². The van der Waals surface area contributed by atoms with Gasteiger partial charge in [-0.05, 0) is 116 Å². The molecule has 19 heteroatoms. The molecule has 0 saturated heterocycles. The van der Waals surface area contributed by atoms with Crippen LogP contribution in [0, 0.1) is 14.2 Å². The first-order chi connectivity index (χ1) is 18.2. The van der Waals surface area contributed by atoms with Crippen molar-refractivity contribution in [3.05, 3.63) is 14.2 Å². The number of hydrogen-bond acceptors (Lipinski definition) is 10. The van der Waals surface area contributed by atoms with E-state index < -0.39 is 68.0 Å². The minimum Gasteiger partial charge on any atom is -0.555 e. The van der Waals surface area contributed by atoms with Gasteiger partial charge in [0.2, 0.25) is 0 Å². The van der Waals surface area contributed by atoms with E-state index in [1.807, 2.05) is 52.4 Å².